The third-order valence-electron chi connectivity index (χ3n) is 4.18. The summed E-state index contributed by atoms with van der Waals surface area (Å²) in [6, 6.07) is 5.11. The molecule has 0 radical (unpaired) electrons. The average molecular weight is 341 g/mol. The van der Waals surface area contributed by atoms with Crippen molar-refractivity contribution in [1.29, 1.82) is 0 Å². The summed E-state index contributed by atoms with van der Waals surface area (Å²) in [4.78, 5) is 10.5. The van der Waals surface area contributed by atoms with Crippen molar-refractivity contribution in [2.75, 3.05) is 6.54 Å². The third-order valence-corrected chi connectivity index (χ3v) is 4.64. The van der Waals surface area contributed by atoms with Gasteiger partial charge in [-0.15, -0.1) is 0 Å². The van der Waals surface area contributed by atoms with Gasteiger partial charge in [-0.25, -0.2) is 0 Å². The van der Waals surface area contributed by atoms with Gasteiger partial charge in [-0.05, 0) is 36.4 Å². The molecule has 2 rings (SSSR count). The summed E-state index contributed by atoms with van der Waals surface area (Å²) in [5.41, 5.74) is 1.09. The predicted molar refractivity (Wildman–Crippen MR) is 83.6 cm³/mol. The van der Waals surface area contributed by atoms with Crippen molar-refractivity contribution in [1.82, 2.24) is 5.32 Å². The first-order valence-electron chi connectivity index (χ1n) is 7.21. The Morgan fingerprint density at radius 3 is 2.80 bits per heavy atom. The number of rotatable bonds is 5. The van der Waals surface area contributed by atoms with Gasteiger partial charge in [0.2, 0.25) is 0 Å². The van der Waals surface area contributed by atoms with Crippen molar-refractivity contribution in [3.63, 3.8) is 0 Å². The van der Waals surface area contributed by atoms with E-state index in [0.717, 1.165) is 28.4 Å². The van der Waals surface area contributed by atoms with E-state index in [2.05, 4.69) is 28.2 Å². The molecule has 0 bridgehead atoms. The van der Waals surface area contributed by atoms with Crippen LogP contribution in [0.2, 0.25) is 0 Å². The Bertz CT molecular complexity index is 479. The van der Waals surface area contributed by atoms with Gasteiger partial charge < -0.3 is 5.32 Å². The maximum Gasteiger partial charge on any atom is 0.270 e. The molecule has 0 aromatic heterocycles. The number of nitrogens with one attached hydrogen (secondary N) is 1. The Balaban J connectivity index is 1.89. The van der Waals surface area contributed by atoms with Crippen LogP contribution in [-0.2, 0) is 6.54 Å². The van der Waals surface area contributed by atoms with Crippen LogP contribution in [0.1, 0.15) is 38.2 Å². The zero-order valence-corrected chi connectivity index (χ0v) is 13.4. The molecule has 1 saturated carbocycles. The van der Waals surface area contributed by atoms with Crippen molar-refractivity contribution in [3.8, 4) is 0 Å². The number of nitro groups is 1. The van der Waals surface area contributed by atoms with Crippen molar-refractivity contribution in [3.05, 3.63) is 38.3 Å². The minimum absolute atomic E-state index is 0.141. The average Bonchev–Trinajstić information content (AvgIpc) is 2.40. The Morgan fingerprint density at radius 2 is 2.10 bits per heavy atom. The minimum Gasteiger partial charge on any atom is -0.312 e. The smallest absolute Gasteiger partial charge is 0.270 e. The molecule has 20 heavy (non-hydrogen) atoms. The molecule has 2 unspecified atom stereocenters. The number of benzene rings is 1. The van der Waals surface area contributed by atoms with Crippen LogP contribution in [0, 0.1) is 22.0 Å². The molecule has 110 valence electrons. The number of nitro benzene ring substituents is 1. The maximum absolute atomic E-state index is 10.8. The highest BCUT2D eigenvalue weighted by molar-refractivity contribution is 9.10. The molecule has 1 aliphatic carbocycles. The maximum atomic E-state index is 10.8. The van der Waals surface area contributed by atoms with E-state index in [0.29, 0.717) is 6.54 Å². The Labute approximate surface area is 128 Å². The van der Waals surface area contributed by atoms with Gasteiger partial charge in [0, 0.05) is 23.2 Å². The van der Waals surface area contributed by atoms with Gasteiger partial charge in [0.15, 0.2) is 0 Å². The lowest BCUT2D eigenvalue weighted by molar-refractivity contribution is -0.385. The van der Waals surface area contributed by atoms with Crippen LogP contribution in [0.25, 0.3) is 0 Å². The molecule has 0 aliphatic heterocycles. The normalized spacial score (nSPS) is 22.7. The van der Waals surface area contributed by atoms with E-state index in [1.54, 1.807) is 6.07 Å². The first kappa shape index (κ1) is 15.4. The summed E-state index contributed by atoms with van der Waals surface area (Å²) in [7, 11) is 0. The zero-order valence-electron chi connectivity index (χ0n) is 11.8. The van der Waals surface area contributed by atoms with Gasteiger partial charge >= 0.3 is 0 Å². The molecule has 1 aromatic rings. The summed E-state index contributed by atoms with van der Waals surface area (Å²) in [6.07, 6.45) is 5.32. The number of hydrogen-bond acceptors (Lipinski definition) is 3. The van der Waals surface area contributed by atoms with Gasteiger partial charge in [-0.1, -0.05) is 42.1 Å². The van der Waals surface area contributed by atoms with Gasteiger partial charge in [0.05, 0.1) is 4.92 Å². The van der Waals surface area contributed by atoms with E-state index in [4.69, 9.17) is 0 Å². The number of halogens is 1. The van der Waals surface area contributed by atoms with Gasteiger partial charge in [0.25, 0.3) is 5.69 Å². The van der Waals surface area contributed by atoms with Gasteiger partial charge in [-0.2, -0.15) is 0 Å². The molecule has 5 heteroatoms. The fraction of sp³-hybridized carbons (Fsp3) is 0.600. The third kappa shape index (κ3) is 4.28. The number of nitrogens with zero attached hydrogens (tertiary/aromatic N) is 1. The second-order valence-electron chi connectivity index (χ2n) is 5.73. The Hall–Kier alpha value is -0.940. The molecule has 1 fully saturated rings. The fourth-order valence-corrected chi connectivity index (χ4v) is 3.47. The molecule has 1 aliphatic rings. The fourth-order valence-electron chi connectivity index (χ4n) is 2.94. The van der Waals surface area contributed by atoms with E-state index in [1.807, 2.05) is 6.07 Å². The molecule has 4 nitrogen and oxygen atoms in total. The molecule has 2 atom stereocenters. The van der Waals surface area contributed by atoms with Crippen molar-refractivity contribution >= 4 is 21.6 Å². The quantitative estimate of drug-likeness (QED) is 0.643. The van der Waals surface area contributed by atoms with E-state index >= 15 is 0 Å². The Kier molecular flexibility index (Phi) is 5.54. The van der Waals surface area contributed by atoms with Crippen molar-refractivity contribution in [2.24, 2.45) is 11.8 Å². The van der Waals surface area contributed by atoms with Gasteiger partial charge in [-0.3, -0.25) is 10.1 Å². The van der Waals surface area contributed by atoms with Crippen molar-refractivity contribution < 1.29 is 4.92 Å². The topological polar surface area (TPSA) is 55.2 Å². The van der Waals surface area contributed by atoms with E-state index in [1.165, 1.54) is 31.7 Å². The van der Waals surface area contributed by atoms with E-state index in [9.17, 15) is 10.1 Å². The summed E-state index contributed by atoms with van der Waals surface area (Å²) < 4.78 is 0.759. The summed E-state index contributed by atoms with van der Waals surface area (Å²) in [6.45, 7) is 4.01. The van der Waals surface area contributed by atoms with E-state index in [-0.39, 0.29) is 10.6 Å². The first-order valence-corrected chi connectivity index (χ1v) is 8.00. The Morgan fingerprint density at radius 1 is 1.35 bits per heavy atom. The van der Waals surface area contributed by atoms with Crippen LogP contribution in [0.5, 0.6) is 0 Å². The largest absolute Gasteiger partial charge is 0.312 e. The molecule has 0 saturated heterocycles. The predicted octanol–water partition coefficient (Wildman–Crippen LogP) is 4.27. The van der Waals surface area contributed by atoms with Crippen LogP contribution in [0.4, 0.5) is 5.69 Å². The number of hydrogen-bond donors (Lipinski definition) is 1. The molecular formula is C15H21BrN2O2. The van der Waals surface area contributed by atoms with Crippen LogP contribution in [0.15, 0.2) is 22.7 Å². The highest BCUT2D eigenvalue weighted by Crippen LogP contribution is 2.29. The molecule has 1 N–H and O–H groups in total. The highest BCUT2D eigenvalue weighted by Gasteiger charge is 2.20. The van der Waals surface area contributed by atoms with Crippen LogP contribution < -0.4 is 5.32 Å². The lowest BCUT2D eigenvalue weighted by atomic mass is 9.80. The molecule has 0 heterocycles. The SMILES string of the molecule is CC1CCCCC1CNCc1cc(Br)cc([N+](=O)[O-])c1. The van der Waals surface area contributed by atoms with Crippen molar-refractivity contribution in [2.45, 2.75) is 39.2 Å². The molecule has 0 spiro atoms. The van der Waals surface area contributed by atoms with Crippen LogP contribution >= 0.6 is 15.9 Å². The lowest BCUT2D eigenvalue weighted by Crippen LogP contribution is -2.29. The first-order chi connectivity index (χ1) is 9.56. The monoisotopic (exact) mass is 340 g/mol. The summed E-state index contributed by atoms with van der Waals surface area (Å²) in [5, 5.41) is 14.3. The van der Waals surface area contributed by atoms with Gasteiger partial charge in [0.1, 0.15) is 0 Å². The summed E-state index contributed by atoms with van der Waals surface area (Å²) in [5.74, 6) is 1.53. The molecular weight excluding hydrogens is 320 g/mol. The minimum atomic E-state index is -0.350. The second-order valence-corrected chi connectivity index (χ2v) is 6.64. The lowest BCUT2D eigenvalue weighted by Gasteiger charge is -2.28. The number of non-ortho nitro benzene ring substituents is 1. The summed E-state index contributed by atoms with van der Waals surface area (Å²) >= 11 is 3.33. The van der Waals surface area contributed by atoms with Crippen LogP contribution in [0.3, 0.4) is 0 Å². The highest BCUT2D eigenvalue weighted by atomic mass is 79.9. The molecule has 1 aromatic carbocycles. The standard InChI is InChI=1S/C15H21BrN2O2/c1-11-4-2-3-5-13(11)10-17-9-12-6-14(16)8-15(7-12)18(19)20/h6-8,11,13,17H,2-5,9-10H2,1H3. The second kappa shape index (κ2) is 7.18. The van der Waals surface area contributed by atoms with E-state index < -0.39 is 0 Å². The zero-order chi connectivity index (χ0) is 14.5. The molecule has 0 amide bonds. The van der Waals surface area contributed by atoms with Crippen LogP contribution in [-0.4, -0.2) is 11.5 Å².